The van der Waals surface area contributed by atoms with E-state index in [1.807, 2.05) is 60.7 Å². The summed E-state index contributed by atoms with van der Waals surface area (Å²) >= 11 is 0. The van der Waals surface area contributed by atoms with Crippen molar-refractivity contribution in [3.05, 3.63) is 71.8 Å². The van der Waals surface area contributed by atoms with Crippen LogP contribution in [0.4, 0.5) is 0 Å². The van der Waals surface area contributed by atoms with Crippen LogP contribution in [0.2, 0.25) is 0 Å². The molecule has 0 aromatic heterocycles. The Morgan fingerprint density at radius 2 is 1.14 bits per heavy atom. The molecule has 0 spiro atoms. The first-order valence-corrected chi connectivity index (χ1v) is 15.8. The Morgan fingerprint density at radius 3 is 1.49 bits per heavy atom. The number of rotatable bonds is 15. The fraction of sp³-hybridized carbons (Fsp3) is 0.600. The largest absolute Gasteiger partial charge is 0.461 e. The number of carbonyl (C=O) groups is 2. The predicted octanol–water partition coefficient (Wildman–Crippen LogP) is 5.14. The van der Waals surface area contributed by atoms with Crippen LogP contribution in [0.25, 0.3) is 0 Å². The number of carbonyl (C=O) groups excluding carboxylic acids is 2. The zero-order valence-corrected chi connectivity index (χ0v) is 27.3. The van der Waals surface area contributed by atoms with E-state index in [0.717, 1.165) is 70.3 Å². The van der Waals surface area contributed by atoms with Gasteiger partial charge in [0.05, 0.1) is 0 Å². The third-order valence-electron chi connectivity index (χ3n) is 8.55. The van der Waals surface area contributed by atoms with E-state index in [1.165, 1.54) is 0 Å². The molecule has 2 aromatic rings. The maximum absolute atomic E-state index is 12.5. The van der Waals surface area contributed by atoms with Crippen LogP contribution >= 0.6 is 0 Å². The van der Waals surface area contributed by atoms with E-state index in [9.17, 15) is 9.59 Å². The normalized spacial score (nSPS) is 19.1. The van der Waals surface area contributed by atoms with Gasteiger partial charge in [0.15, 0.2) is 0 Å². The minimum absolute atomic E-state index is 0.0375. The summed E-state index contributed by atoms with van der Waals surface area (Å²) in [6.07, 6.45) is 2.37. The number of ether oxygens (including phenoxy) is 2. The van der Waals surface area contributed by atoms with Crippen molar-refractivity contribution in [1.29, 1.82) is 0 Å². The lowest BCUT2D eigenvalue weighted by atomic mass is 9.96. The van der Waals surface area contributed by atoms with E-state index >= 15 is 0 Å². The molecular formula is C35H55N3O5. The Balaban J connectivity index is 0.00000316. The molecule has 2 unspecified atom stereocenters. The molecule has 2 atom stereocenters. The van der Waals surface area contributed by atoms with Crippen molar-refractivity contribution < 1.29 is 24.2 Å². The quantitative estimate of drug-likeness (QED) is 0.283. The molecule has 0 saturated carbocycles. The van der Waals surface area contributed by atoms with Crippen LogP contribution in [0.5, 0.6) is 0 Å². The lowest BCUT2D eigenvalue weighted by Gasteiger charge is -2.45. The minimum atomic E-state index is -0.142. The van der Waals surface area contributed by atoms with Crippen molar-refractivity contribution in [3.63, 3.8) is 0 Å². The lowest BCUT2D eigenvalue weighted by molar-refractivity contribution is -0.146. The van der Waals surface area contributed by atoms with Gasteiger partial charge in [-0.05, 0) is 57.8 Å². The number of nitrogens with zero attached hydrogens (tertiary/aromatic N) is 3. The van der Waals surface area contributed by atoms with Crippen molar-refractivity contribution in [2.24, 2.45) is 0 Å². The maximum Gasteiger partial charge on any atom is 0.306 e. The van der Waals surface area contributed by atoms with Crippen LogP contribution in [-0.4, -0.2) is 95.7 Å². The average Bonchev–Trinajstić information content (AvgIpc) is 3.22. The van der Waals surface area contributed by atoms with Crippen LogP contribution in [0.15, 0.2) is 60.7 Å². The van der Waals surface area contributed by atoms with Gasteiger partial charge in [0.2, 0.25) is 0 Å². The van der Waals surface area contributed by atoms with E-state index in [-0.39, 0.29) is 29.6 Å². The van der Waals surface area contributed by atoms with E-state index in [1.54, 1.807) is 0 Å². The Bertz CT molecular complexity index is 972. The highest BCUT2D eigenvalue weighted by Gasteiger charge is 2.39. The Labute approximate surface area is 260 Å². The average molecular weight is 598 g/mol. The molecule has 0 radical (unpaired) electrons. The first kappa shape index (κ1) is 36.4. The molecule has 1 aliphatic rings. The van der Waals surface area contributed by atoms with Crippen molar-refractivity contribution in [2.75, 3.05) is 46.4 Å². The highest BCUT2D eigenvalue weighted by molar-refractivity contribution is 5.69. The zero-order chi connectivity index (χ0) is 31.7. The molecule has 1 saturated heterocycles. The highest BCUT2D eigenvalue weighted by Crippen LogP contribution is 2.26. The van der Waals surface area contributed by atoms with Crippen LogP contribution in [0, 0.1) is 0 Å². The molecule has 8 nitrogen and oxygen atoms in total. The molecule has 2 aromatic carbocycles. The fourth-order valence-electron chi connectivity index (χ4n) is 5.92. The molecule has 43 heavy (non-hydrogen) atoms. The van der Waals surface area contributed by atoms with Crippen molar-refractivity contribution in [1.82, 2.24) is 14.7 Å². The standard InChI is InChI=1S/C34H51N3O4.CH4O/c1-6-37(7-2)34(5)26-35(28(3)18-20-32(38)40-24-30-14-10-8-11-15-30)22-23-36(27-34)29(4)19-21-33(39)41-25-31-16-12-9-13-17-31;1-2/h8-17,28-29H,6-7,18-27H2,1-5H3;2H,1H3. The van der Waals surface area contributed by atoms with Gasteiger partial charge in [-0.15, -0.1) is 0 Å². The number of aliphatic hydroxyl groups excluding tert-OH is 1. The predicted molar refractivity (Wildman–Crippen MR) is 172 cm³/mol. The third kappa shape index (κ3) is 12.4. The van der Waals surface area contributed by atoms with Gasteiger partial charge in [0, 0.05) is 63.8 Å². The zero-order valence-electron chi connectivity index (χ0n) is 27.3. The minimum Gasteiger partial charge on any atom is -0.461 e. The summed E-state index contributed by atoms with van der Waals surface area (Å²) in [7, 11) is 1.00. The number of hydrogen-bond donors (Lipinski definition) is 1. The Morgan fingerprint density at radius 1 is 0.767 bits per heavy atom. The van der Waals surface area contributed by atoms with E-state index < -0.39 is 0 Å². The summed E-state index contributed by atoms with van der Waals surface area (Å²) in [5.41, 5.74) is 1.98. The van der Waals surface area contributed by atoms with E-state index in [0.29, 0.717) is 26.1 Å². The van der Waals surface area contributed by atoms with Crippen molar-refractivity contribution in [2.45, 2.75) is 91.1 Å². The molecule has 0 aliphatic carbocycles. The number of aliphatic hydroxyl groups is 1. The summed E-state index contributed by atoms with van der Waals surface area (Å²) in [6, 6.07) is 20.2. The molecule has 0 bridgehead atoms. The third-order valence-corrected chi connectivity index (χ3v) is 8.55. The molecule has 0 amide bonds. The highest BCUT2D eigenvalue weighted by atomic mass is 16.5. The molecule has 1 aliphatic heterocycles. The van der Waals surface area contributed by atoms with Crippen LogP contribution in [0.3, 0.4) is 0 Å². The first-order chi connectivity index (χ1) is 20.7. The van der Waals surface area contributed by atoms with Gasteiger partial charge >= 0.3 is 11.9 Å². The van der Waals surface area contributed by atoms with Crippen LogP contribution in [0.1, 0.15) is 71.4 Å². The fourth-order valence-corrected chi connectivity index (χ4v) is 5.92. The van der Waals surface area contributed by atoms with E-state index in [4.69, 9.17) is 14.6 Å². The second kappa shape index (κ2) is 19.5. The Kier molecular flexibility index (Phi) is 16.5. The van der Waals surface area contributed by atoms with Gasteiger partial charge < -0.3 is 14.6 Å². The number of likely N-dealkylation sites (N-methyl/N-ethyl adjacent to an activating group) is 1. The van der Waals surface area contributed by atoms with Crippen LogP contribution < -0.4 is 0 Å². The summed E-state index contributed by atoms with van der Waals surface area (Å²) < 4.78 is 11.1. The number of benzene rings is 2. The van der Waals surface area contributed by atoms with Gasteiger partial charge in [0.25, 0.3) is 0 Å². The topological polar surface area (TPSA) is 82.6 Å². The van der Waals surface area contributed by atoms with Crippen molar-refractivity contribution >= 4 is 11.9 Å². The monoisotopic (exact) mass is 597 g/mol. The Hall–Kier alpha value is -2.78. The molecule has 3 rings (SSSR count). The van der Waals surface area contributed by atoms with Gasteiger partial charge in [-0.2, -0.15) is 0 Å². The second-order valence-corrected chi connectivity index (χ2v) is 11.7. The first-order valence-electron chi connectivity index (χ1n) is 15.8. The lowest BCUT2D eigenvalue weighted by Crippen LogP contribution is -2.58. The van der Waals surface area contributed by atoms with Gasteiger partial charge in [0.1, 0.15) is 13.2 Å². The van der Waals surface area contributed by atoms with Crippen molar-refractivity contribution in [3.8, 4) is 0 Å². The molecule has 240 valence electrons. The molecular weight excluding hydrogens is 542 g/mol. The molecule has 8 heteroatoms. The molecule has 1 heterocycles. The second-order valence-electron chi connectivity index (χ2n) is 11.7. The summed E-state index contributed by atoms with van der Waals surface area (Å²) in [6.45, 7) is 17.6. The molecule has 1 fully saturated rings. The smallest absolute Gasteiger partial charge is 0.306 e. The number of hydrogen-bond acceptors (Lipinski definition) is 8. The maximum atomic E-state index is 12.5. The summed E-state index contributed by atoms with van der Waals surface area (Å²) in [5.74, 6) is -0.284. The van der Waals surface area contributed by atoms with E-state index in [2.05, 4.69) is 49.3 Å². The van der Waals surface area contributed by atoms with Gasteiger partial charge in [-0.25, -0.2) is 0 Å². The van der Waals surface area contributed by atoms with Crippen LogP contribution in [-0.2, 0) is 32.3 Å². The number of esters is 2. The van der Waals surface area contributed by atoms with Gasteiger partial charge in [-0.1, -0.05) is 74.5 Å². The summed E-state index contributed by atoms with van der Waals surface area (Å²) in [5, 5.41) is 7.00. The SMILES string of the molecule is CCN(CC)C1(C)CN(C(C)CCC(=O)OCc2ccccc2)CCN(C(C)CCC(=O)OCc2ccccc2)C1.CO. The molecule has 1 N–H and O–H groups in total. The summed E-state index contributed by atoms with van der Waals surface area (Å²) in [4.78, 5) is 32.6. The van der Waals surface area contributed by atoms with Gasteiger partial charge in [-0.3, -0.25) is 24.3 Å².